The van der Waals surface area contributed by atoms with E-state index in [4.69, 9.17) is 0 Å². The van der Waals surface area contributed by atoms with Crippen LogP contribution in [0.2, 0.25) is 0 Å². The van der Waals surface area contributed by atoms with Crippen LogP contribution in [0.4, 0.5) is 5.69 Å². The summed E-state index contributed by atoms with van der Waals surface area (Å²) in [5.74, 6) is -0.163. The maximum atomic E-state index is 12.5. The van der Waals surface area contributed by atoms with E-state index >= 15 is 0 Å². The highest BCUT2D eigenvalue weighted by molar-refractivity contribution is 7.98. The summed E-state index contributed by atoms with van der Waals surface area (Å²) in [7, 11) is 0. The van der Waals surface area contributed by atoms with Gasteiger partial charge in [-0.1, -0.05) is 6.07 Å². The van der Waals surface area contributed by atoms with Crippen LogP contribution in [0.3, 0.4) is 0 Å². The Hall–Kier alpha value is -2.40. The van der Waals surface area contributed by atoms with Gasteiger partial charge in [0.2, 0.25) is 0 Å². The van der Waals surface area contributed by atoms with Gasteiger partial charge in [0, 0.05) is 17.8 Å². The molecule has 0 saturated carbocycles. The monoisotopic (exact) mass is 295 g/mol. The number of rotatable bonds is 3. The van der Waals surface area contributed by atoms with Gasteiger partial charge in [0.05, 0.1) is 16.8 Å². The Bertz CT molecular complexity index is 799. The maximum Gasteiger partial charge on any atom is 0.258 e. The van der Waals surface area contributed by atoms with Crippen LogP contribution in [0.25, 0.3) is 10.9 Å². The summed E-state index contributed by atoms with van der Waals surface area (Å²) in [6, 6.07) is 13.0. The number of hydrogen-bond acceptors (Lipinski definition) is 4. The Morgan fingerprint density at radius 3 is 2.71 bits per heavy atom. The number of pyridine rings is 2. The summed E-state index contributed by atoms with van der Waals surface area (Å²) in [6.07, 6.45) is 5.33. The van der Waals surface area contributed by atoms with Crippen molar-refractivity contribution in [3.05, 3.63) is 60.4 Å². The van der Waals surface area contributed by atoms with Crippen LogP contribution >= 0.6 is 11.8 Å². The van der Waals surface area contributed by atoms with Gasteiger partial charge in [-0.15, -0.1) is 11.8 Å². The molecule has 3 aromatic rings. The highest BCUT2D eigenvalue weighted by Gasteiger charge is 2.13. The van der Waals surface area contributed by atoms with Gasteiger partial charge in [-0.25, -0.2) is 4.98 Å². The number of carbonyl (C=O) groups is 1. The lowest BCUT2D eigenvalue weighted by molar-refractivity contribution is 0.102. The van der Waals surface area contributed by atoms with Crippen molar-refractivity contribution in [3.63, 3.8) is 0 Å². The molecule has 104 valence electrons. The lowest BCUT2D eigenvalue weighted by Crippen LogP contribution is -2.13. The van der Waals surface area contributed by atoms with Crippen molar-refractivity contribution < 1.29 is 4.79 Å². The van der Waals surface area contributed by atoms with Crippen LogP contribution in [0.1, 0.15) is 10.4 Å². The SMILES string of the molecule is CSc1ncccc1C(=O)Nc1cccc2ncccc12. The van der Waals surface area contributed by atoms with Gasteiger partial charge >= 0.3 is 0 Å². The first-order chi connectivity index (χ1) is 10.3. The molecule has 2 heterocycles. The molecule has 0 aliphatic heterocycles. The van der Waals surface area contributed by atoms with E-state index in [2.05, 4.69) is 15.3 Å². The number of thioether (sulfide) groups is 1. The van der Waals surface area contributed by atoms with Gasteiger partial charge in [0.15, 0.2) is 0 Å². The first-order valence-corrected chi connectivity index (χ1v) is 7.66. The molecular formula is C16H13N3OS. The van der Waals surface area contributed by atoms with Gasteiger partial charge in [0.1, 0.15) is 5.03 Å². The van der Waals surface area contributed by atoms with Crippen LogP contribution in [0.15, 0.2) is 59.9 Å². The first-order valence-electron chi connectivity index (χ1n) is 6.43. The van der Waals surface area contributed by atoms with Crippen LogP contribution in [0, 0.1) is 0 Å². The Morgan fingerprint density at radius 1 is 1.05 bits per heavy atom. The highest BCUT2D eigenvalue weighted by atomic mass is 32.2. The average molecular weight is 295 g/mol. The predicted octanol–water partition coefficient (Wildman–Crippen LogP) is 3.60. The van der Waals surface area contributed by atoms with Crippen LogP contribution in [-0.4, -0.2) is 22.1 Å². The number of benzene rings is 1. The number of anilines is 1. The number of carbonyl (C=O) groups excluding carboxylic acids is 1. The van der Waals surface area contributed by atoms with E-state index in [1.165, 1.54) is 11.8 Å². The summed E-state index contributed by atoms with van der Waals surface area (Å²) in [6.45, 7) is 0. The summed E-state index contributed by atoms with van der Waals surface area (Å²) in [5.41, 5.74) is 2.18. The molecule has 0 aliphatic rings. The fourth-order valence-corrected chi connectivity index (χ4v) is 2.68. The third-order valence-corrected chi connectivity index (χ3v) is 3.82. The molecule has 0 unspecified atom stereocenters. The van der Waals surface area contributed by atoms with E-state index in [0.717, 1.165) is 16.6 Å². The topological polar surface area (TPSA) is 54.9 Å². The molecule has 1 amide bonds. The van der Waals surface area contributed by atoms with Crippen LogP contribution in [-0.2, 0) is 0 Å². The van der Waals surface area contributed by atoms with Gasteiger partial charge in [0.25, 0.3) is 5.91 Å². The van der Waals surface area contributed by atoms with Crippen molar-refractivity contribution in [1.82, 2.24) is 9.97 Å². The van der Waals surface area contributed by atoms with Gasteiger partial charge in [-0.05, 0) is 42.7 Å². The van der Waals surface area contributed by atoms with Crippen LogP contribution in [0.5, 0.6) is 0 Å². The summed E-state index contributed by atoms with van der Waals surface area (Å²) < 4.78 is 0. The molecule has 0 atom stereocenters. The largest absolute Gasteiger partial charge is 0.321 e. The fourth-order valence-electron chi connectivity index (χ4n) is 2.13. The second-order valence-electron chi connectivity index (χ2n) is 4.39. The smallest absolute Gasteiger partial charge is 0.258 e. The number of nitrogens with one attached hydrogen (secondary N) is 1. The molecule has 0 bridgehead atoms. The zero-order valence-corrected chi connectivity index (χ0v) is 12.2. The Kier molecular flexibility index (Phi) is 3.83. The molecule has 5 heteroatoms. The molecule has 4 nitrogen and oxygen atoms in total. The highest BCUT2D eigenvalue weighted by Crippen LogP contribution is 2.23. The van der Waals surface area contributed by atoms with Crippen molar-refractivity contribution in [3.8, 4) is 0 Å². The molecule has 21 heavy (non-hydrogen) atoms. The van der Waals surface area contributed by atoms with Gasteiger partial charge < -0.3 is 5.32 Å². The average Bonchev–Trinajstić information content (AvgIpc) is 2.55. The van der Waals surface area contributed by atoms with Crippen molar-refractivity contribution >= 4 is 34.3 Å². The molecule has 1 aromatic carbocycles. The summed E-state index contributed by atoms with van der Waals surface area (Å²) in [5, 5.41) is 4.58. The molecule has 0 radical (unpaired) electrons. The minimum atomic E-state index is -0.163. The molecule has 2 aromatic heterocycles. The maximum absolute atomic E-state index is 12.5. The standard InChI is InChI=1S/C16H13N3OS/c1-21-16-12(6-4-10-18-16)15(20)19-14-8-2-7-13-11(14)5-3-9-17-13/h2-10H,1H3,(H,19,20). The normalized spacial score (nSPS) is 10.5. The predicted molar refractivity (Wildman–Crippen MR) is 85.7 cm³/mol. The van der Waals surface area contributed by atoms with E-state index in [1.807, 2.05) is 36.6 Å². The first kappa shape index (κ1) is 13.6. The van der Waals surface area contributed by atoms with Gasteiger partial charge in [-0.3, -0.25) is 9.78 Å². The van der Waals surface area contributed by atoms with E-state index in [-0.39, 0.29) is 5.91 Å². The van der Waals surface area contributed by atoms with Gasteiger partial charge in [-0.2, -0.15) is 0 Å². The van der Waals surface area contributed by atoms with E-state index in [0.29, 0.717) is 10.6 Å². The van der Waals surface area contributed by atoms with E-state index < -0.39 is 0 Å². The second kappa shape index (κ2) is 5.93. The number of fused-ring (bicyclic) bond motifs is 1. The lowest BCUT2D eigenvalue weighted by Gasteiger charge is -2.09. The van der Waals surface area contributed by atoms with E-state index in [9.17, 15) is 4.79 Å². The molecule has 0 saturated heterocycles. The third kappa shape index (κ3) is 2.73. The molecule has 0 spiro atoms. The van der Waals surface area contributed by atoms with Crippen molar-refractivity contribution in [2.45, 2.75) is 5.03 Å². The summed E-state index contributed by atoms with van der Waals surface area (Å²) in [4.78, 5) is 21.0. The Balaban J connectivity index is 1.97. The quantitative estimate of drug-likeness (QED) is 0.750. The molecule has 0 fully saturated rings. The van der Waals surface area contributed by atoms with Crippen molar-refractivity contribution in [2.24, 2.45) is 0 Å². The lowest BCUT2D eigenvalue weighted by atomic mass is 10.1. The van der Waals surface area contributed by atoms with Crippen molar-refractivity contribution in [2.75, 3.05) is 11.6 Å². The molecule has 0 aliphatic carbocycles. The number of amides is 1. The van der Waals surface area contributed by atoms with Crippen LogP contribution < -0.4 is 5.32 Å². The number of nitrogens with zero attached hydrogens (tertiary/aromatic N) is 2. The number of hydrogen-bond donors (Lipinski definition) is 1. The zero-order valence-electron chi connectivity index (χ0n) is 11.4. The minimum absolute atomic E-state index is 0.163. The Morgan fingerprint density at radius 2 is 1.86 bits per heavy atom. The molecule has 1 N–H and O–H groups in total. The molecular weight excluding hydrogens is 282 g/mol. The fraction of sp³-hybridized carbons (Fsp3) is 0.0625. The molecule has 3 rings (SSSR count). The zero-order chi connectivity index (χ0) is 14.7. The second-order valence-corrected chi connectivity index (χ2v) is 5.18. The van der Waals surface area contributed by atoms with E-state index in [1.54, 1.807) is 24.5 Å². The number of aromatic nitrogens is 2. The minimum Gasteiger partial charge on any atom is -0.321 e. The summed E-state index contributed by atoms with van der Waals surface area (Å²) >= 11 is 1.45. The Labute approximate surface area is 126 Å². The van der Waals surface area contributed by atoms with Crippen molar-refractivity contribution in [1.29, 1.82) is 0 Å². The third-order valence-electron chi connectivity index (χ3n) is 3.10.